The van der Waals surface area contributed by atoms with E-state index < -0.39 is 6.09 Å². The molecule has 78 valence electrons. The first kappa shape index (κ1) is 9.45. The molecule has 0 bridgehead atoms. The molecule has 0 aliphatic heterocycles. The Kier molecular flexibility index (Phi) is 2.49. The molecular formula is C9H10N4O2. The number of nitrogens with zero attached hydrogens (tertiary/aromatic N) is 2. The van der Waals surface area contributed by atoms with Crippen molar-refractivity contribution in [2.75, 3.05) is 11.9 Å². The van der Waals surface area contributed by atoms with Crippen LogP contribution >= 0.6 is 0 Å². The Balaban J connectivity index is 2.27. The summed E-state index contributed by atoms with van der Waals surface area (Å²) in [5, 5.41) is 2.52. The number of amides is 1. The summed E-state index contributed by atoms with van der Waals surface area (Å²) in [6, 6.07) is 1.78. The lowest BCUT2D eigenvalue weighted by Crippen LogP contribution is -2.14. The molecule has 0 aliphatic carbocycles. The average Bonchev–Trinajstić information content (AvgIpc) is 2.67. The Morgan fingerprint density at radius 1 is 1.60 bits per heavy atom. The van der Waals surface area contributed by atoms with Crippen LogP contribution in [0.25, 0.3) is 11.0 Å². The molecule has 2 aromatic rings. The van der Waals surface area contributed by atoms with E-state index in [0.717, 1.165) is 5.52 Å². The highest BCUT2D eigenvalue weighted by atomic mass is 16.5. The third-order valence-electron chi connectivity index (χ3n) is 1.83. The zero-order chi connectivity index (χ0) is 10.7. The van der Waals surface area contributed by atoms with Crippen LogP contribution in [0.5, 0.6) is 0 Å². The van der Waals surface area contributed by atoms with Crippen molar-refractivity contribution in [2.45, 2.75) is 6.92 Å². The van der Waals surface area contributed by atoms with Crippen LogP contribution in [0.1, 0.15) is 6.92 Å². The van der Waals surface area contributed by atoms with Crippen molar-refractivity contribution in [1.82, 2.24) is 15.0 Å². The van der Waals surface area contributed by atoms with Crippen LogP contribution in [0.15, 0.2) is 18.6 Å². The Morgan fingerprint density at radius 3 is 3.27 bits per heavy atom. The van der Waals surface area contributed by atoms with Crippen molar-refractivity contribution in [3.05, 3.63) is 18.6 Å². The van der Waals surface area contributed by atoms with Crippen LogP contribution in [0.2, 0.25) is 0 Å². The summed E-state index contributed by atoms with van der Waals surface area (Å²) >= 11 is 0. The lowest BCUT2D eigenvalue weighted by atomic mass is 10.4. The standard InChI is InChI=1S/C9H10N4O2/c1-2-15-9(14)13-8-7-6(3-4-10-8)11-5-12-7/h3-5H,2H2,1H3,(H,11,12)(H,10,13,14). The number of ether oxygens (including phenoxy) is 1. The zero-order valence-corrected chi connectivity index (χ0v) is 8.15. The van der Waals surface area contributed by atoms with E-state index in [1.165, 1.54) is 0 Å². The topological polar surface area (TPSA) is 79.9 Å². The number of rotatable bonds is 2. The molecule has 0 saturated heterocycles. The summed E-state index contributed by atoms with van der Waals surface area (Å²) in [6.07, 6.45) is 2.60. The Labute approximate surface area is 85.7 Å². The van der Waals surface area contributed by atoms with Gasteiger partial charge in [-0.3, -0.25) is 5.32 Å². The van der Waals surface area contributed by atoms with Crippen LogP contribution in [-0.4, -0.2) is 27.7 Å². The van der Waals surface area contributed by atoms with Crippen molar-refractivity contribution < 1.29 is 9.53 Å². The number of aromatic amines is 1. The first-order valence-electron chi connectivity index (χ1n) is 4.53. The third-order valence-corrected chi connectivity index (χ3v) is 1.83. The number of carbonyl (C=O) groups is 1. The summed E-state index contributed by atoms with van der Waals surface area (Å²) < 4.78 is 4.74. The van der Waals surface area contributed by atoms with Crippen LogP contribution in [0.3, 0.4) is 0 Å². The monoisotopic (exact) mass is 206 g/mol. The van der Waals surface area contributed by atoms with Gasteiger partial charge in [0.15, 0.2) is 5.82 Å². The molecule has 0 unspecified atom stereocenters. The van der Waals surface area contributed by atoms with E-state index in [1.807, 2.05) is 0 Å². The maximum Gasteiger partial charge on any atom is 0.412 e. The molecule has 15 heavy (non-hydrogen) atoms. The molecular weight excluding hydrogens is 196 g/mol. The molecule has 6 heteroatoms. The third kappa shape index (κ3) is 1.88. The van der Waals surface area contributed by atoms with E-state index >= 15 is 0 Å². The summed E-state index contributed by atoms with van der Waals surface area (Å²) in [6.45, 7) is 2.06. The van der Waals surface area contributed by atoms with E-state index in [2.05, 4.69) is 20.3 Å². The van der Waals surface area contributed by atoms with Crippen molar-refractivity contribution >= 4 is 22.9 Å². The number of anilines is 1. The highest BCUT2D eigenvalue weighted by Gasteiger charge is 2.08. The van der Waals surface area contributed by atoms with Gasteiger partial charge in [0, 0.05) is 6.20 Å². The number of imidazole rings is 1. The van der Waals surface area contributed by atoms with Gasteiger partial charge in [0.1, 0.15) is 5.52 Å². The smallest absolute Gasteiger partial charge is 0.412 e. The normalized spacial score (nSPS) is 10.2. The molecule has 0 spiro atoms. The lowest BCUT2D eigenvalue weighted by Gasteiger charge is -2.03. The van der Waals surface area contributed by atoms with Crippen LogP contribution in [0.4, 0.5) is 10.6 Å². The molecule has 2 heterocycles. The van der Waals surface area contributed by atoms with Crippen molar-refractivity contribution in [3.63, 3.8) is 0 Å². The van der Waals surface area contributed by atoms with Gasteiger partial charge in [0.05, 0.1) is 18.5 Å². The highest BCUT2D eigenvalue weighted by Crippen LogP contribution is 2.16. The second-order valence-corrected chi connectivity index (χ2v) is 2.80. The second kappa shape index (κ2) is 3.95. The number of hydrogen-bond donors (Lipinski definition) is 2. The summed E-state index contributed by atoms with van der Waals surface area (Å²) in [4.78, 5) is 22.1. The fourth-order valence-electron chi connectivity index (χ4n) is 1.22. The molecule has 2 aromatic heterocycles. The Hall–Kier alpha value is -2.11. The predicted octanol–water partition coefficient (Wildman–Crippen LogP) is 1.53. The molecule has 2 N–H and O–H groups in total. The van der Waals surface area contributed by atoms with Gasteiger partial charge < -0.3 is 9.72 Å². The van der Waals surface area contributed by atoms with Gasteiger partial charge in [-0.2, -0.15) is 0 Å². The van der Waals surface area contributed by atoms with Crippen LogP contribution in [-0.2, 0) is 4.74 Å². The average molecular weight is 206 g/mol. The van der Waals surface area contributed by atoms with Gasteiger partial charge >= 0.3 is 6.09 Å². The number of carbonyl (C=O) groups excluding carboxylic acids is 1. The van der Waals surface area contributed by atoms with Gasteiger partial charge in [0.2, 0.25) is 0 Å². The minimum absolute atomic E-state index is 0.322. The number of aromatic nitrogens is 3. The SMILES string of the molecule is CCOC(=O)Nc1nccc2[nH]cnc12. The van der Waals surface area contributed by atoms with Crippen LogP contribution < -0.4 is 5.32 Å². The maximum atomic E-state index is 11.2. The van der Waals surface area contributed by atoms with E-state index in [4.69, 9.17) is 4.74 Å². The zero-order valence-electron chi connectivity index (χ0n) is 8.15. The number of pyridine rings is 1. The Bertz CT molecular complexity index is 480. The van der Waals surface area contributed by atoms with E-state index in [-0.39, 0.29) is 0 Å². The largest absolute Gasteiger partial charge is 0.450 e. The predicted molar refractivity (Wildman–Crippen MR) is 54.5 cm³/mol. The first-order chi connectivity index (χ1) is 7.31. The summed E-state index contributed by atoms with van der Waals surface area (Å²) in [7, 11) is 0. The minimum Gasteiger partial charge on any atom is -0.450 e. The second-order valence-electron chi connectivity index (χ2n) is 2.80. The van der Waals surface area contributed by atoms with Gasteiger partial charge in [-0.1, -0.05) is 0 Å². The molecule has 0 atom stereocenters. The number of nitrogens with one attached hydrogen (secondary N) is 2. The molecule has 1 amide bonds. The molecule has 0 fully saturated rings. The Morgan fingerprint density at radius 2 is 2.47 bits per heavy atom. The van der Waals surface area contributed by atoms with E-state index in [0.29, 0.717) is 17.9 Å². The molecule has 0 radical (unpaired) electrons. The fourth-order valence-corrected chi connectivity index (χ4v) is 1.22. The molecule has 0 aliphatic rings. The number of hydrogen-bond acceptors (Lipinski definition) is 4. The van der Waals surface area contributed by atoms with Gasteiger partial charge in [-0.25, -0.2) is 14.8 Å². The van der Waals surface area contributed by atoms with Crippen LogP contribution in [0, 0.1) is 0 Å². The molecule has 0 saturated carbocycles. The quantitative estimate of drug-likeness (QED) is 0.780. The summed E-state index contributed by atoms with van der Waals surface area (Å²) in [5.41, 5.74) is 1.43. The minimum atomic E-state index is -0.527. The van der Waals surface area contributed by atoms with E-state index in [1.54, 1.807) is 25.5 Å². The van der Waals surface area contributed by atoms with Gasteiger partial charge in [-0.15, -0.1) is 0 Å². The first-order valence-corrected chi connectivity index (χ1v) is 4.53. The highest BCUT2D eigenvalue weighted by molar-refractivity contribution is 5.94. The van der Waals surface area contributed by atoms with Crippen molar-refractivity contribution in [2.24, 2.45) is 0 Å². The fraction of sp³-hybridized carbons (Fsp3) is 0.222. The molecule has 0 aromatic carbocycles. The number of fused-ring (bicyclic) bond motifs is 1. The van der Waals surface area contributed by atoms with Gasteiger partial charge in [0.25, 0.3) is 0 Å². The molecule has 2 rings (SSSR count). The van der Waals surface area contributed by atoms with Crippen molar-refractivity contribution in [1.29, 1.82) is 0 Å². The summed E-state index contributed by atoms with van der Waals surface area (Å²) in [5.74, 6) is 0.396. The maximum absolute atomic E-state index is 11.2. The van der Waals surface area contributed by atoms with Gasteiger partial charge in [-0.05, 0) is 13.0 Å². The lowest BCUT2D eigenvalue weighted by molar-refractivity contribution is 0.168. The molecule has 6 nitrogen and oxygen atoms in total. The van der Waals surface area contributed by atoms with E-state index in [9.17, 15) is 4.79 Å². The number of H-pyrrole nitrogens is 1. The van der Waals surface area contributed by atoms with Crippen molar-refractivity contribution in [3.8, 4) is 0 Å².